The molecule has 0 aliphatic rings. The van der Waals surface area contributed by atoms with Gasteiger partial charge >= 0.3 is 5.97 Å². The van der Waals surface area contributed by atoms with Gasteiger partial charge in [0.25, 0.3) is 5.91 Å². The number of amides is 1. The van der Waals surface area contributed by atoms with E-state index in [4.69, 9.17) is 21.4 Å². The molecule has 1 aromatic carbocycles. The number of carbonyl (C=O) groups is 2. The molecule has 0 spiro atoms. The summed E-state index contributed by atoms with van der Waals surface area (Å²) in [4.78, 5) is 22.7. The lowest BCUT2D eigenvalue weighted by Crippen LogP contribution is -2.45. The number of carboxylic acids is 1. The molecule has 2 atom stereocenters. The van der Waals surface area contributed by atoms with Gasteiger partial charge in [-0.25, -0.2) is 4.79 Å². The van der Waals surface area contributed by atoms with Crippen molar-refractivity contribution in [3.63, 3.8) is 0 Å². The van der Waals surface area contributed by atoms with E-state index in [0.29, 0.717) is 17.2 Å². The zero-order chi connectivity index (χ0) is 15.3. The molecule has 5 nitrogen and oxygen atoms in total. The fraction of sp³-hybridized carbons (Fsp3) is 0.429. The van der Waals surface area contributed by atoms with Gasteiger partial charge in [-0.3, -0.25) is 4.79 Å². The van der Waals surface area contributed by atoms with E-state index >= 15 is 0 Å². The van der Waals surface area contributed by atoms with Gasteiger partial charge in [0.05, 0.1) is 5.02 Å². The van der Waals surface area contributed by atoms with Crippen molar-refractivity contribution in [3.8, 4) is 5.75 Å². The number of aryl methyl sites for hydroxylation is 1. The topological polar surface area (TPSA) is 75.6 Å². The molecule has 1 amide bonds. The SMILES string of the molecule is CCC(NC(=O)C(C)Oc1cc(C)ccc1Cl)C(=O)O. The van der Waals surface area contributed by atoms with E-state index in [1.165, 1.54) is 0 Å². The Labute approximate surface area is 122 Å². The highest BCUT2D eigenvalue weighted by molar-refractivity contribution is 6.32. The van der Waals surface area contributed by atoms with Crippen molar-refractivity contribution >= 4 is 23.5 Å². The number of halogens is 1. The van der Waals surface area contributed by atoms with Crippen LogP contribution in [-0.2, 0) is 9.59 Å². The van der Waals surface area contributed by atoms with E-state index in [0.717, 1.165) is 5.56 Å². The molecule has 0 aliphatic carbocycles. The molecule has 20 heavy (non-hydrogen) atoms. The van der Waals surface area contributed by atoms with Crippen LogP contribution >= 0.6 is 11.6 Å². The third-order valence-electron chi connectivity index (χ3n) is 2.78. The third kappa shape index (κ3) is 4.42. The van der Waals surface area contributed by atoms with E-state index in [1.807, 2.05) is 13.0 Å². The molecule has 0 saturated carbocycles. The van der Waals surface area contributed by atoms with Crippen molar-refractivity contribution in [2.24, 2.45) is 0 Å². The molecule has 0 saturated heterocycles. The Hall–Kier alpha value is -1.75. The summed E-state index contributed by atoms with van der Waals surface area (Å²) in [7, 11) is 0. The van der Waals surface area contributed by atoms with Crippen LogP contribution in [0.4, 0.5) is 0 Å². The quantitative estimate of drug-likeness (QED) is 0.846. The Kier molecular flexibility index (Phi) is 5.82. The van der Waals surface area contributed by atoms with E-state index in [9.17, 15) is 9.59 Å². The normalized spacial score (nSPS) is 13.4. The predicted molar refractivity (Wildman–Crippen MR) is 76.1 cm³/mol. The largest absolute Gasteiger partial charge is 0.480 e. The number of hydrogen-bond acceptors (Lipinski definition) is 3. The van der Waals surface area contributed by atoms with E-state index in [2.05, 4.69) is 5.32 Å². The van der Waals surface area contributed by atoms with Crippen LogP contribution in [0.25, 0.3) is 0 Å². The molecule has 110 valence electrons. The van der Waals surface area contributed by atoms with E-state index in [1.54, 1.807) is 26.0 Å². The number of carbonyl (C=O) groups excluding carboxylic acids is 1. The number of aliphatic carboxylic acids is 1. The minimum absolute atomic E-state index is 0.305. The highest BCUT2D eigenvalue weighted by atomic mass is 35.5. The molecule has 0 heterocycles. The Morgan fingerprint density at radius 3 is 2.65 bits per heavy atom. The van der Waals surface area contributed by atoms with Crippen molar-refractivity contribution < 1.29 is 19.4 Å². The summed E-state index contributed by atoms with van der Waals surface area (Å²) < 4.78 is 5.48. The number of nitrogens with one attached hydrogen (secondary N) is 1. The van der Waals surface area contributed by atoms with Gasteiger partial charge < -0.3 is 15.2 Å². The second-order valence-electron chi connectivity index (χ2n) is 4.50. The lowest BCUT2D eigenvalue weighted by Gasteiger charge is -2.18. The van der Waals surface area contributed by atoms with Crippen LogP contribution in [0.1, 0.15) is 25.8 Å². The van der Waals surface area contributed by atoms with Gasteiger partial charge in [0, 0.05) is 0 Å². The summed E-state index contributed by atoms with van der Waals surface area (Å²) in [6.45, 7) is 5.11. The van der Waals surface area contributed by atoms with Crippen LogP contribution in [0.5, 0.6) is 5.75 Å². The molecule has 0 radical (unpaired) electrons. The maximum atomic E-state index is 11.9. The fourth-order valence-electron chi connectivity index (χ4n) is 1.57. The molecule has 2 unspecified atom stereocenters. The van der Waals surface area contributed by atoms with Crippen LogP contribution in [0, 0.1) is 6.92 Å². The van der Waals surface area contributed by atoms with Crippen molar-refractivity contribution in [1.29, 1.82) is 0 Å². The lowest BCUT2D eigenvalue weighted by atomic mass is 10.2. The van der Waals surface area contributed by atoms with Gasteiger partial charge in [0.1, 0.15) is 11.8 Å². The Balaban J connectivity index is 2.70. The molecular formula is C14H18ClNO4. The second-order valence-corrected chi connectivity index (χ2v) is 4.91. The molecule has 0 aliphatic heterocycles. The zero-order valence-electron chi connectivity index (χ0n) is 11.6. The minimum Gasteiger partial charge on any atom is -0.480 e. The summed E-state index contributed by atoms with van der Waals surface area (Å²) in [6.07, 6.45) is -0.526. The average molecular weight is 300 g/mol. The van der Waals surface area contributed by atoms with Crippen LogP contribution in [0.15, 0.2) is 18.2 Å². The third-order valence-corrected chi connectivity index (χ3v) is 3.09. The Morgan fingerprint density at radius 1 is 1.45 bits per heavy atom. The maximum Gasteiger partial charge on any atom is 0.326 e. The summed E-state index contributed by atoms with van der Waals surface area (Å²) >= 11 is 5.98. The minimum atomic E-state index is -1.07. The molecular weight excluding hydrogens is 282 g/mol. The summed E-state index contributed by atoms with van der Waals surface area (Å²) in [5.74, 6) is -1.16. The number of benzene rings is 1. The average Bonchev–Trinajstić information content (AvgIpc) is 2.39. The lowest BCUT2D eigenvalue weighted by molar-refractivity contribution is -0.143. The second kappa shape index (κ2) is 7.14. The van der Waals surface area contributed by atoms with Gasteiger partial charge in [-0.05, 0) is 38.0 Å². The molecule has 1 aromatic rings. The smallest absolute Gasteiger partial charge is 0.326 e. The fourth-order valence-corrected chi connectivity index (χ4v) is 1.73. The molecule has 0 aromatic heterocycles. The molecule has 0 fully saturated rings. The van der Waals surface area contributed by atoms with Crippen LogP contribution < -0.4 is 10.1 Å². The number of hydrogen-bond donors (Lipinski definition) is 2. The van der Waals surface area contributed by atoms with Gasteiger partial charge in [-0.15, -0.1) is 0 Å². The zero-order valence-corrected chi connectivity index (χ0v) is 12.4. The standard InChI is InChI=1S/C14H18ClNO4/c1-4-11(14(18)19)16-13(17)9(3)20-12-7-8(2)5-6-10(12)15/h5-7,9,11H,4H2,1-3H3,(H,16,17)(H,18,19). The number of carboxylic acid groups (broad SMARTS) is 1. The summed E-state index contributed by atoms with van der Waals surface area (Å²) in [5.41, 5.74) is 0.953. The van der Waals surface area contributed by atoms with Crippen molar-refractivity contribution in [2.45, 2.75) is 39.3 Å². The van der Waals surface area contributed by atoms with Crippen molar-refractivity contribution in [3.05, 3.63) is 28.8 Å². The van der Waals surface area contributed by atoms with Gasteiger partial charge in [-0.2, -0.15) is 0 Å². The van der Waals surface area contributed by atoms with Gasteiger partial charge in [0.15, 0.2) is 6.10 Å². The molecule has 1 rings (SSSR count). The van der Waals surface area contributed by atoms with Crippen LogP contribution in [0.3, 0.4) is 0 Å². The predicted octanol–water partition coefficient (Wildman–Crippen LogP) is 2.40. The summed E-state index contributed by atoms with van der Waals surface area (Å²) in [6, 6.07) is 4.32. The van der Waals surface area contributed by atoms with E-state index in [-0.39, 0.29) is 0 Å². The van der Waals surface area contributed by atoms with Crippen LogP contribution in [-0.4, -0.2) is 29.1 Å². The first-order valence-electron chi connectivity index (χ1n) is 6.31. The molecule has 2 N–H and O–H groups in total. The summed E-state index contributed by atoms with van der Waals surface area (Å²) in [5, 5.41) is 11.7. The highest BCUT2D eigenvalue weighted by Crippen LogP contribution is 2.26. The van der Waals surface area contributed by atoms with E-state index < -0.39 is 24.0 Å². The van der Waals surface area contributed by atoms with Crippen LogP contribution in [0.2, 0.25) is 5.02 Å². The Morgan fingerprint density at radius 2 is 2.10 bits per heavy atom. The Bertz CT molecular complexity index is 504. The highest BCUT2D eigenvalue weighted by Gasteiger charge is 2.22. The van der Waals surface area contributed by atoms with Gasteiger partial charge in [-0.1, -0.05) is 24.6 Å². The maximum absolute atomic E-state index is 11.9. The molecule has 0 bridgehead atoms. The monoisotopic (exact) mass is 299 g/mol. The first kappa shape index (κ1) is 16.3. The number of rotatable bonds is 6. The first-order valence-corrected chi connectivity index (χ1v) is 6.69. The van der Waals surface area contributed by atoms with Gasteiger partial charge in [0.2, 0.25) is 0 Å². The van der Waals surface area contributed by atoms with Crippen molar-refractivity contribution in [1.82, 2.24) is 5.32 Å². The van der Waals surface area contributed by atoms with Crippen molar-refractivity contribution in [2.75, 3.05) is 0 Å². The number of ether oxygens (including phenoxy) is 1. The first-order chi connectivity index (χ1) is 9.35. The molecule has 6 heteroatoms.